The smallest absolute Gasteiger partial charge is 0.120 e. The molecule has 7 rings (SSSR count). The summed E-state index contributed by atoms with van der Waals surface area (Å²) in [5, 5.41) is 3.91. The number of fused-ring (bicyclic) bond motifs is 3. The van der Waals surface area contributed by atoms with Crippen molar-refractivity contribution in [1.29, 1.82) is 0 Å². The van der Waals surface area contributed by atoms with Crippen LogP contribution >= 0.6 is 0 Å². The summed E-state index contributed by atoms with van der Waals surface area (Å²) in [6.45, 7) is 9.21. The second kappa shape index (κ2) is 13.5. The number of rotatable bonds is 4. The van der Waals surface area contributed by atoms with Gasteiger partial charge in [0.05, 0.1) is 13.7 Å². The summed E-state index contributed by atoms with van der Waals surface area (Å²) in [5.41, 5.74) is 8.38. The summed E-state index contributed by atoms with van der Waals surface area (Å²) in [6, 6.07) is 33.5. The second-order valence-corrected chi connectivity index (χ2v) is 17.5. The molecule has 3 aromatic heterocycles. The molecule has 221 valence electrons. The zero-order valence-corrected chi connectivity index (χ0v) is 28.8. The number of nitrogens with zero attached hydrogens (tertiary/aromatic N) is 2. The van der Waals surface area contributed by atoms with E-state index in [1.165, 1.54) is 59.2 Å². The number of pyridine rings is 2. The Kier molecular flexibility index (Phi) is 9.76. The van der Waals surface area contributed by atoms with Crippen LogP contribution in [0.4, 0.5) is 0 Å². The van der Waals surface area contributed by atoms with E-state index in [4.69, 9.17) is 9.40 Å². The Hall–Kier alpha value is -3.37. The van der Waals surface area contributed by atoms with Crippen LogP contribution in [-0.2, 0) is 20.1 Å². The Balaban J connectivity index is 0.000000221. The molecule has 5 heteroatoms. The molecule has 0 atom stereocenters. The first-order valence-electron chi connectivity index (χ1n) is 15.1. The van der Waals surface area contributed by atoms with E-state index in [0.29, 0.717) is 5.92 Å². The number of aromatic nitrogens is 2. The average molecular weight is 759 g/mol. The van der Waals surface area contributed by atoms with Gasteiger partial charge in [0.15, 0.2) is 0 Å². The quantitative estimate of drug-likeness (QED) is 0.133. The molecule has 6 aromatic rings. The Morgan fingerprint density at radius 3 is 2.23 bits per heavy atom. The van der Waals surface area contributed by atoms with E-state index in [-0.39, 0.29) is 20.1 Å². The van der Waals surface area contributed by atoms with E-state index in [2.05, 4.69) is 85.4 Å². The molecule has 3 heterocycles. The monoisotopic (exact) mass is 759 g/mol. The molecule has 0 aliphatic heterocycles. The number of hydrogen-bond donors (Lipinski definition) is 0. The van der Waals surface area contributed by atoms with Crippen molar-refractivity contribution in [2.24, 2.45) is 0 Å². The van der Waals surface area contributed by atoms with Crippen LogP contribution in [0, 0.1) is 19.1 Å². The largest absolute Gasteiger partial charge is 0.501 e. The van der Waals surface area contributed by atoms with Crippen LogP contribution in [-0.4, -0.2) is 18.0 Å². The maximum absolute atomic E-state index is 6.37. The second-order valence-electron chi connectivity index (χ2n) is 12.4. The normalized spacial score (nSPS) is 13.8. The molecule has 0 amide bonds. The van der Waals surface area contributed by atoms with Gasteiger partial charge in [-0.05, 0) is 54.3 Å². The minimum Gasteiger partial charge on any atom is -0.501 e. The minimum absolute atomic E-state index is 0. The Morgan fingerprint density at radius 2 is 1.56 bits per heavy atom. The van der Waals surface area contributed by atoms with Gasteiger partial charge in [-0.25, -0.2) is 0 Å². The van der Waals surface area contributed by atoms with Crippen molar-refractivity contribution in [3.05, 3.63) is 115 Å². The number of benzene rings is 3. The van der Waals surface area contributed by atoms with Crippen LogP contribution in [0.15, 0.2) is 95.7 Å². The summed E-state index contributed by atoms with van der Waals surface area (Å²) in [6.07, 6.45) is 10.6. The molecular formula is C38H38IrN2OSi-2. The Morgan fingerprint density at radius 1 is 0.767 bits per heavy atom. The first-order chi connectivity index (χ1) is 20.4. The molecule has 0 saturated heterocycles. The van der Waals surface area contributed by atoms with E-state index in [9.17, 15) is 0 Å². The van der Waals surface area contributed by atoms with Crippen LogP contribution in [0.1, 0.15) is 49.1 Å². The third kappa shape index (κ3) is 6.91. The molecule has 0 bridgehead atoms. The molecule has 0 unspecified atom stereocenters. The number of furan rings is 1. The van der Waals surface area contributed by atoms with Gasteiger partial charge in [-0.15, -0.1) is 54.1 Å². The summed E-state index contributed by atoms with van der Waals surface area (Å²) < 4.78 is 6.37. The molecule has 43 heavy (non-hydrogen) atoms. The minimum atomic E-state index is -1.49. The summed E-state index contributed by atoms with van der Waals surface area (Å²) in [7, 11) is -1.49. The van der Waals surface area contributed by atoms with Crippen molar-refractivity contribution in [1.82, 2.24) is 9.97 Å². The molecule has 1 radical (unpaired) electrons. The van der Waals surface area contributed by atoms with E-state index >= 15 is 0 Å². The maximum Gasteiger partial charge on any atom is 0.120 e. The maximum atomic E-state index is 6.37. The molecule has 3 aromatic carbocycles. The van der Waals surface area contributed by atoms with Crippen molar-refractivity contribution in [2.45, 2.75) is 64.6 Å². The Bertz CT molecular complexity index is 1780. The van der Waals surface area contributed by atoms with Gasteiger partial charge in [-0.2, -0.15) is 0 Å². The predicted molar refractivity (Wildman–Crippen MR) is 178 cm³/mol. The fourth-order valence-electron chi connectivity index (χ4n) is 6.02. The van der Waals surface area contributed by atoms with Crippen molar-refractivity contribution in [2.75, 3.05) is 0 Å². The zero-order valence-electron chi connectivity index (χ0n) is 25.4. The van der Waals surface area contributed by atoms with Crippen LogP contribution < -0.4 is 5.19 Å². The number of hydrogen-bond acceptors (Lipinski definition) is 3. The van der Waals surface area contributed by atoms with E-state index in [0.717, 1.165) is 33.7 Å². The topological polar surface area (TPSA) is 38.9 Å². The van der Waals surface area contributed by atoms with Crippen LogP contribution in [0.2, 0.25) is 19.6 Å². The van der Waals surface area contributed by atoms with Gasteiger partial charge in [-0.3, -0.25) is 0 Å². The van der Waals surface area contributed by atoms with Gasteiger partial charge in [0, 0.05) is 37.9 Å². The van der Waals surface area contributed by atoms with Gasteiger partial charge < -0.3 is 14.4 Å². The summed E-state index contributed by atoms with van der Waals surface area (Å²) in [5.74, 6) is 0.676. The fourth-order valence-corrected chi connectivity index (χ4v) is 7.62. The van der Waals surface area contributed by atoms with Crippen molar-refractivity contribution in [3.8, 4) is 22.5 Å². The first kappa shape index (κ1) is 31.1. The van der Waals surface area contributed by atoms with Gasteiger partial charge >= 0.3 is 0 Å². The number of aryl methyl sites for hydroxylation is 1. The summed E-state index contributed by atoms with van der Waals surface area (Å²) >= 11 is 0. The van der Waals surface area contributed by atoms with Gasteiger partial charge in [0.2, 0.25) is 0 Å². The molecule has 1 aliphatic rings. The standard InChI is InChI=1S/C26H28NOSi.C12H10N.Ir/c1-29(2,3)24-14-8-13-23-25(24)21-12-7-11-20(26(21)28-23)22-16-15-19(17-27-22)18-9-5-4-6-10-18;1-10-7-8-12(13-9-10)11-5-3-2-4-6-11;/h7-8,12-18H,4-6,9-10H2,1-3H3;2-5,7-9H,1H3;/q2*-1;. The Labute approximate surface area is 270 Å². The van der Waals surface area contributed by atoms with E-state index < -0.39 is 8.07 Å². The molecular weight excluding hydrogens is 721 g/mol. The fraction of sp³-hybridized carbons (Fsp3) is 0.263. The van der Waals surface area contributed by atoms with E-state index in [1.807, 2.05) is 49.5 Å². The zero-order chi connectivity index (χ0) is 29.1. The third-order valence-electron chi connectivity index (χ3n) is 8.28. The SMILES string of the molecule is C[Si](C)(C)c1cccc2oc3c(-c4ccc(C5CCCCC5)cn4)[c-]ccc3c12.Cc1ccc(-c2[c-]cccc2)nc1.[Ir]. The van der Waals surface area contributed by atoms with Gasteiger partial charge in [0.25, 0.3) is 0 Å². The van der Waals surface area contributed by atoms with Crippen LogP contribution in [0.3, 0.4) is 0 Å². The molecule has 0 N–H and O–H groups in total. The van der Waals surface area contributed by atoms with Crippen molar-refractivity contribution < 1.29 is 24.5 Å². The molecule has 1 saturated carbocycles. The van der Waals surface area contributed by atoms with Crippen LogP contribution in [0.5, 0.6) is 0 Å². The van der Waals surface area contributed by atoms with Crippen molar-refractivity contribution in [3.63, 3.8) is 0 Å². The third-order valence-corrected chi connectivity index (χ3v) is 10.3. The predicted octanol–water partition coefficient (Wildman–Crippen LogP) is 9.90. The van der Waals surface area contributed by atoms with Gasteiger partial charge in [-0.1, -0.05) is 91.4 Å². The average Bonchev–Trinajstić information content (AvgIpc) is 3.41. The first-order valence-corrected chi connectivity index (χ1v) is 18.6. The van der Waals surface area contributed by atoms with E-state index in [1.54, 1.807) is 0 Å². The molecule has 1 aliphatic carbocycles. The molecule has 3 nitrogen and oxygen atoms in total. The van der Waals surface area contributed by atoms with Crippen LogP contribution in [0.25, 0.3) is 44.5 Å². The molecule has 1 fully saturated rings. The van der Waals surface area contributed by atoms with Gasteiger partial charge in [0.1, 0.15) is 5.58 Å². The van der Waals surface area contributed by atoms with Crippen molar-refractivity contribution >= 4 is 35.2 Å². The summed E-state index contributed by atoms with van der Waals surface area (Å²) in [4.78, 5) is 9.15. The molecule has 0 spiro atoms.